The van der Waals surface area contributed by atoms with Crippen LogP contribution in [0.25, 0.3) is 0 Å². The highest BCUT2D eigenvalue weighted by molar-refractivity contribution is 5.92. The molecule has 0 radical (unpaired) electrons. The van der Waals surface area contributed by atoms with Crippen molar-refractivity contribution < 1.29 is 33.8 Å². The van der Waals surface area contributed by atoms with Crippen molar-refractivity contribution >= 4 is 29.5 Å². The molecule has 0 aromatic heterocycles. The number of fused-ring (bicyclic) bond motifs is 12. The van der Waals surface area contributed by atoms with E-state index >= 15 is 0 Å². The molecule has 3 aliphatic heterocycles. The number of hydrogen-bond acceptors (Lipinski definition) is 8. The fourth-order valence-corrected chi connectivity index (χ4v) is 5.33. The van der Waals surface area contributed by atoms with Crippen LogP contribution in [0.5, 0.6) is 5.75 Å². The molecule has 1 unspecified atom stereocenters. The number of amides is 5. The van der Waals surface area contributed by atoms with E-state index in [1.807, 2.05) is 30.9 Å². The fourth-order valence-electron chi connectivity index (χ4n) is 5.33. The monoisotopic (exact) mass is 588 g/mol. The molecule has 2 bridgehead atoms. The molecule has 6 atom stereocenters. The molecule has 1 fully saturated rings. The summed E-state index contributed by atoms with van der Waals surface area (Å²) in [7, 11) is 0. The standard InChI is InChI=1S/C29H44N6O7/c1-3-17(2)26(27(31)39)34-29(41)22-6-4-12-35(22)16-23(36)20-14-18-8-10-19(11-9-18)42-13-5-7-25(38)32-21(15-24(30)37)28(40)33-20/h8-11,17,20-23,26,36H,3-7,12-16H2,1-2H3,(H2,30,37)(H2,31,39)(H,32,38)(H,33,40)(H,34,41)/t17-,20+,21?,22-,23+,26-/m0/s1. The number of likely N-dealkylation sites (tertiary alicyclic amines) is 1. The SMILES string of the molecule is CC[C@H](C)[C@H](NC(=O)[C@@H]1CCCN1C[C@@H](O)[C@H]1Cc2ccc(cc2)OCCCC(=O)NC(CC(N)=O)C(=O)N1)C(N)=O. The van der Waals surface area contributed by atoms with Gasteiger partial charge in [-0.05, 0) is 55.8 Å². The third-order valence-electron chi connectivity index (χ3n) is 7.95. The largest absolute Gasteiger partial charge is 0.494 e. The van der Waals surface area contributed by atoms with E-state index in [1.165, 1.54) is 0 Å². The molecule has 0 aliphatic carbocycles. The Morgan fingerprint density at radius 3 is 2.50 bits per heavy atom. The zero-order valence-electron chi connectivity index (χ0n) is 24.3. The van der Waals surface area contributed by atoms with Crippen molar-refractivity contribution in [1.82, 2.24) is 20.9 Å². The summed E-state index contributed by atoms with van der Waals surface area (Å²) in [5, 5.41) is 19.6. The summed E-state index contributed by atoms with van der Waals surface area (Å²) in [5.74, 6) is -2.30. The summed E-state index contributed by atoms with van der Waals surface area (Å²) in [4.78, 5) is 64.5. The zero-order chi connectivity index (χ0) is 30.8. The molecule has 1 aromatic carbocycles. The van der Waals surface area contributed by atoms with E-state index in [2.05, 4.69) is 16.0 Å². The van der Waals surface area contributed by atoms with Crippen LogP contribution in [-0.2, 0) is 30.4 Å². The Labute approximate surface area is 246 Å². The number of β-amino-alcohol motifs (C(OH)–C–C–N with tert-alkyl or cyclic N) is 1. The number of nitrogens with two attached hydrogens (primary N) is 2. The average Bonchev–Trinajstić information content (AvgIpc) is 3.40. The number of primary amides is 2. The molecule has 13 heteroatoms. The van der Waals surface area contributed by atoms with Gasteiger partial charge in [-0.15, -0.1) is 0 Å². The Hall–Kier alpha value is -3.71. The third kappa shape index (κ3) is 9.41. The number of carbonyl (C=O) groups excluding carboxylic acids is 5. The van der Waals surface area contributed by atoms with Gasteiger partial charge in [0.05, 0.1) is 31.2 Å². The predicted molar refractivity (Wildman–Crippen MR) is 154 cm³/mol. The summed E-state index contributed by atoms with van der Waals surface area (Å²) in [6.07, 6.45) is 1.09. The lowest BCUT2D eigenvalue weighted by molar-refractivity contribution is -0.132. The third-order valence-corrected chi connectivity index (χ3v) is 7.95. The van der Waals surface area contributed by atoms with Crippen LogP contribution in [0.15, 0.2) is 24.3 Å². The topological polar surface area (TPSA) is 206 Å². The molecular formula is C29H44N6O7. The van der Waals surface area contributed by atoms with Gasteiger partial charge < -0.3 is 37.3 Å². The van der Waals surface area contributed by atoms with Crippen molar-refractivity contribution in [2.24, 2.45) is 17.4 Å². The molecule has 4 rings (SSSR count). The molecule has 0 spiro atoms. The summed E-state index contributed by atoms with van der Waals surface area (Å²) in [6.45, 7) is 4.64. The molecule has 5 amide bonds. The van der Waals surface area contributed by atoms with Crippen molar-refractivity contribution in [2.45, 2.75) is 89.1 Å². The molecule has 13 nitrogen and oxygen atoms in total. The Morgan fingerprint density at radius 2 is 1.86 bits per heavy atom. The molecular weight excluding hydrogens is 544 g/mol. The lowest BCUT2D eigenvalue weighted by Gasteiger charge is -2.32. The van der Waals surface area contributed by atoms with Gasteiger partial charge in [0.25, 0.3) is 0 Å². The van der Waals surface area contributed by atoms with Gasteiger partial charge in [0.1, 0.15) is 17.8 Å². The summed E-state index contributed by atoms with van der Waals surface area (Å²) < 4.78 is 5.70. The molecule has 3 heterocycles. The van der Waals surface area contributed by atoms with Crippen LogP contribution in [0.3, 0.4) is 0 Å². The first-order chi connectivity index (χ1) is 20.0. The van der Waals surface area contributed by atoms with Crippen molar-refractivity contribution in [2.75, 3.05) is 19.7 Å². The number of nitrogens with one attached hydrogen (secondary N) is 3. The molecule has 1 aromatic rings. The summed E-state index contributed by atoms with van der Waals surface area (Å²) in [5.41, 5.74) is 11.7. The van der Waals surface area contributed by atoms with Gasteiger partial charge in [-0.25, -0.2) is 0 Å². The number of hydrogen-bond donors (Lipinski definition) is 6. The van der Waals surface area contributed by atoms with Gasteiger partial charge in [-0.2, -0.15) is 0 Å². The molecule has 42 heavy (non-hydrogen) atoms. The highest BCUT2D eigenvalue weighted by Gasteiger charge is 2.37. The zero-order valence-corrected chi connectivity index (χ0v) is 24.3. The molecule has 232 valence electrons. The lowest BCUT2D eigenvalue weighted by Crippen LogP contribution is -2.57. The number of rotatable bonds is 10. The Balaban J connectivity index is 1.80. The number of carbonyl (C=O) groups is 5. The van der Waals surface area contributed by atoms with Crippen LogP contribution >= 0.6 is 0 Å². The first-order valence-corrected chi connectivity index (χ1v) is 14.6. The maximum Gasteiger partial charge on any atom is 0.243 e. The minimum absolute atomic E-state index is 0.0572. The Morgan fingerprint density at radius 1 is 1.14 bits per heavy atom. The van der Waals surface area contributed by atoms with Crippen LogP contribution in [0.1, 0.15) is 57.9 Å². The van der Waals surface area contributed by atoms with Gasteiger partial charge in [-0.1, -0.05) is 32.4 Å². The summed E-state index contributed by atoms with van der Waals surface area (Å²) >= 11 is 0. The van der Waals surface area contributed by atoms with Crippen LogP contribution in [0.2, 0.25) is 0 Å². The molecule has 0 saturated carbocycles. The van der Waals surface area contributed by atoms with Gasteiger partial charge >= 0.3 is 0 Å². The van der Waals surface area contributed by atoms with E-state index in [1.54, 1.807) is 12.1 Å². The highest BCUT2D eigenvalue weighted by atomic mass is 16.5. The normalized spacial score (nSPS) is 24.2. The number of benzene rings is 1. The smallest absolute Gasteiger partial charge is 0.243 e. The van der Waals surface area contributed by atoms with Gasteiger partial charge in [0, 0.05) is 13.0 Å². The fraction of sp³-hybridized carbons (Fsp3) is 0.621. The van der Waals surface area contributed by atoms with E-state index in [-0.39, 0.29) is 31.2 Å². The van der Waals surface area contributed by atoms with Crippen LogP contribution in [-0.4, -0.2) is 89.5 Å². The molecule has 3 aliphatic rings. The second kappa shape index (κ2) is 15.5. The first kappa shape index (κ1) is 32.8. The van der Waals surface area contributed by atoms with E-state index in [9.17, 15) is 29.1 Å². The van der Waals surface area contributed by atoms with E-state index in [0.29, 0.717) is 44.6 Å². The van der Waals surface area contributed by atoms with E-state index in [0.717, 1.165) is 5.56 Å². The second-order valence-electron chi connectivity index (χ2n) is 11.2. The Kier molecular flexibility index (Phi) is 12.1. The van der Waals surface area contributed by atoms with Crippen LogP contribution in [0.4, 0.5) is 0 Å². The maximum absolute atomic E-state index is 13.3. The van der Waals surface area contributed by atoms with E-state index < -0.39 is 60.3 Å². The Bertz CT molecular complexity index is 1110. The molecule has 1 saturated heterocycles. The maximum atomic E-state index is 13.3. The number of aliphatic hydroxyl groups is 1. The quantitative estimate of drug-likeness (QED) is 0.201. The highest BCUT2D eigenvalue weighted by Crippen LogP contribution is 2.21. The lowest BCUT2D eigenvalue weighted by atomic mass is 9.98. The number of ether oxygens (including phenoxy) is 1. The van der Waals surface area contributed by atoms with Crippen molar-refractivity contribution in [1.29, 1.82) is 0 Å². The van der Waals surface area contributed by atoms with Gasteiger partial charge in [0.15, 0.2) is 0 Å². The summed E-state index contributed by atoms with van der Waals surface area (Å²) in [6, 6.07) is 3.79. The van der Waals surface area contributed by atoms with Crippen LogP contribution < -0.4 is 32.2 Å². The van der Waals surface area contributed by atoms with Crippen LogP contribution in [0, 0.1) is 5.92 Å². The number of aliphatic hydroxyl groups excluding tert-OH is 1. The van der Waals surface area contributed by atoms with Crippen molar-refractivity contribution in [3.05, 3.63) is 29.8 Å². The number of nitrogens with zero attached hydrogens (tertiary/aromatic N) is 1. The van der Waals surface area contributed by atoms with Crippen molar-refractivity contribution in [3.63, 3.8) is 0 Å². The van der Waals surface area contributed by atoms with Gasteiger partial charge in [-0.3, -0.25) is 28.9 Å². The predicted octanol–water partition coefficient (Wildman–Crippen LogP) is -0.912. The van der Waals surface area contributed by atoms with Crippen molar-refractivity contribution in [3.8, 4) is 5.75 Å². The van der Waals surface area contributed by atoms with Gasteiger partial charge in [0.2, 0.25) is 29.5 Å². The minimum atomic E-state index is -1.21. The first-order valence-electron chi connectivity index (χ1n) is 14.6. The average molecular weight is 589 g/mol. The second-order valence-corrected chi connectivity index (χ2v) is 11.2. The molecule has 8 N–H and O–H groups in total. The minimum Gasteiger partial charge on any atom is -0.494 e. The van der Waals surface area contributed by atoms with E-state index in [4.69, 9.17) is 16.2 Å².